The second kappa shape index (κ2) is 5.73. The number of allylic oxidation sites excluding steroid dienone is 1. The van der Waals surface area contributed by atoms with Gasteiger partial charge in [-0.1, -0.05) is 64.1 Å². The molecule has 2 nitrogen and oxygen atoms in total. The standard InChI is InChI=1S/C22H16BrNOS/c1-12-7-9-17(23)19-15(12)11-16(21(19)25)22-24(2)20-14-6-4-3-5-13(14)8-10-18(20)26-22/h3-10H,11H2,1-2H3. The Morgan fingerprint density at radius 1 is 1.08 bits per heavy atom. The van der Waals surface area contributed by atoms with Gasteiger partial charge in [0.1, 0.15) is 0 Å². The zero-order valence-electron chi connectivity index (χ0n) is 14.5. The van der Waals surface area contributed by atoms with Gasteiger partial charge in [-0.3, -0.25) is 4.79 Å². The lowest BCUT2D eigenvalue weighted by atomic mass is 10.0. The van der Waals surface area contributed by atoms with Gasteiger partial charge < -0.3 is 4.90 Å². The maximum atomic E-state index is 13.2. The van der Waals surface area contributed by atoms with E-state index in [9.17, 15) is 4.79 Å². The molecule has 0 unspecified atom stereocenters. The summed E-state index contributed by atoms with van der Waals surface area (Å²) in [7, 11) is 2.08. The number of nitrogens with zero attached hydrogens (tertiary/aromatic N) is 1. The third kappa shape index (κ3) is 2.15. The molecule has 0 fully saturated rings. The van der Waals surface area contributed by atoms with E-state index >= 15 is 0 Å². The fourth-order valence-electron chi connectivity index (χ4n) is 3.98. The van der Waals surface area contributed by atoms with Crippen LogP contribution in [0.2, 0.25) is 0 Å². The maximum absolute atomic E-state index is 13.2. The molecule has 0 N–H and O–H groups in total. The Kier molecular flexibility index (Phi) is 3.56. The second-order valence-corrected chi connectivity index (χ2v) is 8.69. The fraction of sp³-hybridized carbons (Fsp3) is 0.136. The molecular weight excluding hydrogens is 406 g/mol. The zero-order chi connectivity index (χ0) is 18.0. The largest absolute Gasteiger partial charge is 0.337 e. The van der Waals surface area contributed by atoms with Crippen LogP contribution in [-0.2, 0) is 6.42 Å². The average molecular weight is 422 g/mol. The predicted octanol–water partition coefficient (Wildman–Crippen LogP) is 6.10. The number of carbonyl (C=O) groups is 1. The lowest BCUT2D eigenvalue weighted by Gasteiger charge is -2.17. The monoisotopic (exact) mass is 421 g/mol. The summed E-state index contributed by atoms with van der Waals surface area (Å²) < 4.78 is 0.896. The highest BCUT2D eigenvalue weighted by atomic mass is 79.9. The first-order valence-electron chi connectivity index (χ1n) is 8.55. The summed E-state index contributed by atoms with van der Waals surface area (Å²) in [5.74, 6) is 0.155. The van der Waals surface area contributed by atoms with Gasteiger partial charge in [0.05, 0.1) is 10.7 Å². The molecule has 1 aliphatic carbocycles. The van der Waals surface area contributed by atoms with Crippen LogP contribution in [0.5, 0.6) is 0 Å². The van der Waals surface area contributed by atoms with Crippen LogP contribution >= 0.6 is 27.7 Å². The number of Topliss-reactive ketones (excluding diaryl/α,β-unsaturated/α-hetero) is 1. The number of benzene rings is 3. The van der Waals surface area contributed by atoms with Crippen molar-refractivity contribution >= 4 is 49.9 Å². The molecule has 1 aliphatic heterocycles. The zero-order valence-corrected chi connectivity index (χ0v) is 16.9. The Morgan fingerprint density at radius 2 is 1.88 bits per heavy atom. The predicted molar refractivity (Wildman–Crippen MR) is 112 cm³/mol. The van der Waals surface area contributed by atoms with E-state index in [0.29, 0.717) is 6.42 Å². The van der Waals surface area contributed by atoms with E-state index in [2.05, 4.69) is 77.3 Å². The van der Waals surface area contributed by atoms with Gasteiger partial charge in [0, 0.05) is 39.4 Å². The van der Waals surface area contributed by atoms with Crippen LogP contribution in [0.1, 0.15) is 21.5 Å². The summed E-state index contributed by atoms with van der Waals surface area (Å²) in [6.07, 6.45) is 0.706. The van der Waals surface area contributed by atoms with Gasteiger partial charge in [-0.05, 0) is 35.6 Å². The van der Waals surface area contributed by atoms with Crippen LogP contribution in [-0.4, -0.2) is 12.8 Å². The number of ketones is 1. The van der Waals surface area contributed by atoms with Gasteiger partial charge in [0.15, 0.2) is 5.78 Å². The first kappa shape index (κ1) is 16.2. The molecule has 128 valence electrons. The van der Waals surface area contributed by atoms with Crippen LogP contribution in [0.15, 0.2) is 68.5 Å². The van der Waals surface area contributed by atoms with Crippen molar-refractivity contribution in [1.82, 2.24) is 0 Å². The average Bonchev–Trinajstić information content (AvgIpc) is 3.17. The van der Waals surface area contributed by atoms with Gasteiger partial charge in [-0.15, -0.1) is 0 Å². The van der Waals surface area contributed by atoms with Gasteiger partial charge >= 0.3 is 0 Å². The minimum absolute atomic E-state index is 0.155. The Hall–Kier alpha value is -2.04. The van der Waals surface area contributed by atoms with Crippen LogP contribution in [0.4, 0.5) is 5.69 Å². The topological polar surface area (TPSA) is 20.3 Å². The number of thioether (sulfide) groups is 1. The van der Waals surface area contributed by atoms with Crippen molar-refractivity contribution in [3.63, 3.8) is 0 Å². The first-order valence-corrected chi connectivity index (χ1v) is 10.2. The molecular formula is C22H16BrNOS. The van der Waals surface area contributed by atoms with E-state index in [0.717, 1.165) is 26.2 Å². The molecule has 0 atom stereocenters. The number of halogens is 1. The normalized spacial score (nSPS) is 18.6. The number of rotatable bonds is 0. The van der Waals surface area contributed by atoms with Crippen molar-refractivity contribution in [2.75, 3.05) is 11.9 Å². The van der Waals surface area contributed by atoms with Gasteiger partial charge in [0.25, 0.3) is 0 Å². The summed E-state index contributed by atoms with van der Waals surface area (Å²) >= 11 is 5.28. The van der Waals surface area contributed by atoms with Crippen LogP contribution < -0.4 is 4.90 Å². The Bertz CT molecular complexity index is 1150. The summed E-state index contributed by atoms with van der Waals surface area (Å²) in [5, 5.41) is 3.52. The Labute approximate surface area is 165 Å². The van der Waals surface area contributed by atoms with E-state index in [4.69, 9.17) is 0 Å². The number of aryl methyl sites for hydroxylation is 1. The molecule has 0 radical (unpaired) electrons. The Balaban J connectivity index is 1.69. The minimum Gasteiger partial charge on any atom is -0.337 e. The van der Waals surface area contributed by atoms with Crippen molar-refractivity contribution in [2.45, 2.75) is 18.2 Å². The summed E-state index contributed by atoms with van der Waals surface area (Å²) in [5.41, 5.74) is 5.28. The minimum atomic E-state index is 0.155. The Morgan fingerprint density at radius 3 is 2.69 bits per heavy atom. The summed E-state index contributed by atoms with van der Waals surface area (Å²) in [4.78, 5) is 16.6. The highest BCUT2D eigenvalue weighted by Gasteiger charge is 2.35. The van der Waals surface area contributed by atoms with Crippen molar-refractivity contribution < 1.29 is 4.79 Å². The molecule has 26 heavy (non-hydrogen) atoms. The third-order valence-electron chi connectivity index (χ3n) is 5.32. The third-order valence-corrected chi connectivity index (χ3v) is 7.24. The van der Waals surface area contributed by atoms with Crippen molar-refractivity contribution in [3.05, 3.63) is 80.3 Å². The molecule has 0 amide bonds. The van der Waals surface area contributed by atoms with Gasteiger partial charge in [-0.2, -0.15) is 0 Å². The maximum Gasteiger partial charge on any atom is 0.193 e. The number of anilines is 1. The van der Waals surface area contributed by atoms with E-state index in [1.807, 2.05) is 6.07 Å². The number of fused-ring (bicyclic) bond motifs is 4. The molecule has 0 aromatic heterocycles. The lowest BCUT2D eigenvalue weighted by molar-refractivity contribution is 0.103. The van der Waals surface area contributed by atoms with Crippen molar-refractivity contribution in [3.8, 4) is 0 Å². The number of hydrogen-bond acceptors (Lipinski definition) is 3. The molecule has 3 aromatic carbocycles. The van der Waals surface area contributed by atoms with Gasteiger partial charge in [0.2, 0.25) is 0 Å². The molecule has 4 heteroatoms. The second-order valence-electron chi connectivity index (χ2n) is 6.80. The van der Waals surface area contributed by atoms with Crippen molar-refractivity contribution in [1.29, 1.82) is 0 Å². The SMILES string of the molecule is Cc1ccc(Br)c2c1CC(=C1Sc3ccc4ccccc4c3N1C)C2=O. The molecule has 0 bridgehead atoms. The first-order chi connectivity index (χ1) is 12.6. The smallest absolute Gasteiger partial charge is 0.193 e. The van der Waals surface area contributed by atoms with Crippen LogP contribution in [0.25, 0.3) is 10.8 Å². The summed E-state index contributed by atoms with van der Waals surface area (Å²) in [6, 6.07) is 16.8. The van der Waals surface area contributed by atoms with Crippen molar-refractivity contribution in [2.24, 2.45) is 0 Å². The molecule has 1 heterocycles. The molecule has 0 saturated heterocycles. The fourth-order valence-corrected chi connectivity index (χ4v) is 5.73. The van der Waals surface area contributed by atoms with E-state index in [1.165, 1.54) is 26.9 Å². The van der Waals surface area contributed by atoms with Crippen LogP contribution in [0.3, 0.4) is 0 Å². The molecule has 0 saturated carbocycles. The highest BCUT2D eigenvalue weighted by Crippen LogP contribution is 2.51. The molecule has 0 spiro atoms. The van der Waals surface area contributed by atoms with E-state index < -0.39 is 0 Å². The van der Waals surface area contributed by atoms with E-state index in [1.54, 1.807) is 11.8 Å². The molecule has 2 aliphatic rings. The molecule has 3 aromatic rings. The molecule has 5 rings (SSSR count). The lowest BCUT2D eigenvalue weighted by Crippen LogP contribution is -2.14. The summed E-state index contributed by atoms with van der Waals surface area (Å²) in [6.45, 7) is 2.08. The number of hydrogen-bond donors (Lipinski definition) is 0. The van der Waals surface area contributed by atoms with E-state index in [-0.39, 0.29) is 5.78 Å². The highest BCUT2D eigenvalue weighted by molar-refractivity contribution is 9.10. The van der Waals surface area contributed by atoms with Crippen LogP contribution in [0, 0.1) is 6.92 Å². The van der Waals surface area contributed by atoms with Gasteiger partial charge in [-0.25, -0.2) is 0 Å². The quantitative estimate of drug-likeness (QED) is 0.408. The number of carbonyl (C=O) groups excluding carboxylic acids is 1.